The van der Waals surface area contributed by atoms with Gasteiger partial charge in [0.05, 0.1) is 10.0 Å². The summed E-state index contributed by atoms with van der Waals surface area (Å²) >= 11 is 12.3. The fraction of sp³-hybridized carbons (Fsp3) is 0.625. The van der Waals surface area contributed by atoms with E-state index in [0.29, 0.717) is 15.5 Å². The molecule has 2 unspecified atom stereocenters. The first kappa shape index (κ1) is 13.7. The third kappa shape index (κ3) is 2.30. The Morgan fingerprint density at radius 2 is 2.11 bits per heavy atom. The second-order valence-corrected chi connectivity index (χ2v) is 6.87. The number of rotatable bonds is 2. The molecule has 1 nitrogen and oxygen atoms in total. The molecule has 104 valence electrons. The van der Waals surface area contributed by atoms with Crippen LogP contribution in [0.1, 0.15) is 38.2 Å². The zero-order chi connectivity index (χ0) is 13.5. The number of hydrogen-bond acceptors (Lipinski definition) is 1. The van der Waals surface area contributed by atoms with Crippen LogP contribution >= 0.6 is 23.2 Å². The van der Waals surface area contributed by atoms with Gasteiger partial charge in [-0.3, -0.25) is 0 Å². The molecule has 0 amide bonds. The second kappa shape index (κ2) is 5.27. The van der Waals surface area contributed by atoms with Gasteiger partial charge in [-0.2, -0.15) is 0 Å². The average Bonchev–Trinajstić information content (AvgIpc) is 2.81. The standard InChI is InChI=1S/C16H21Cl2N/c1-2-19-10-13-5-3-4-8-16(13,11-19)12-6-7-14(17)15(18)9-12/h6-7,9,13H,2-5,8,10-11H2,1H3. The van der Waals surface area contributed by atoms with Crippen molar-refractivity contribution in [3.8, 4) is 0 Å². The van der Waals surface area contributed by atoms with E-state index in [4.69, 9.17) is 23.2 Å². The fourth-order valence-corrected chi connectivity index (χ4v) is 4.38. The maximum absolute atomic E-state index is 6.24. The van der Waals surface area contributed by atoms with Crippen molar-refractivity contribution >= 4 is 23.2 Å². The van der Waals surface area contributed by atoms with Crippen molar-refractivity contribution in [3.63, 3.8) is 0 Å². The molecule has 1 aliphatic heterocycles. The van der Waals surface area contributed by atoms with Crippen LogP contribution in [0.15, 0.2) is 18.2 Å². The predicted molar refractivity (Wildman–Crippen MR) is 82.2 cm³/mol. The molecule has 0 bridgehead atoms. The molecule has 0 N–H and O–H groups in total. The monoisotopic (exact) mass is 297 g/mol. The maximum atomic E-state index is 6.24. The topological polar surface area (TPSA) is 3.24 Å². The first-order valence-electron chi connectivity index (χ1n) is 7.33. The van der Waals surface area contributed by atoms with E-state index in [1.165, 1.54) is 44.3 Å². The van der Waals surface area contributed by atoms with Crippen molar-refractivity contribution in [2.75, 3.05) is 19.6 Å². The molecule has 3 heteroatoms. The summed E-state index contributed by atoms with van der Waals surface area (Å²) in [7, 11) is 0. The lowest BCUT2D eigenvalue weighted by atomic mass is 9.64. The van der Waals surface area contributed by atoms with E-state index in [1.54, 1.807) is 0 Å². The van der Waals surface area contributed by atoms with E-state index in [0.717, 1.165) is 12.5 Å². The normalized spacial score (nSPS) is 31.4. The van der Waals surface area contributed by atoms with Crippen LogP contribution in [-0.2, 0) is 5.41 Å². The van der Waals surface area contributed by atoms with Crippen LogP contribution in [-0.4, -0.2) is 24.5 Å². The molecule has 2 atom stereocenters. The minimum Gasteiger partial charge on any atom is -0.302 e. The van der Waals surface area contributed by atoms with Gasteiger partial charge in [0.15, 0.2) is 0 Å². The van der Waals surface area contributed by atoms with E-state index in [1.807, 2.05) is 6.07 Å². The predicted octanol–water partition coefficient (Wildman–Crippen LogP) is 4.76. The van der Waals surface area contributed by atoms with Crippen LogP contribution in [0.3, 0.4) is 0 Å². The van der Waals surface area contributed by atoms with Crippen molar-refractivity contribution in [3.05, 3.63) is 33.8 Å². The third-order valence-electron chi connectivity index (χ3n) is 5.13. The second-order valence-electron chi connectivity index (χ2n) is 6.06. The summed E-state index contributed by atoms with van der Waals surface area (Å²) in [5.41, 5.74) is 1.73. The zero-order valence-electron chi connectivity index (χ0n) is 11.5. The summed E-state index contributed by atoms with van der Waals surface area (Å²) in [6, 6.07) is 6.28. The lowest BCUT2D eigenvalue weighted by Crippen LogP contribution is -2.38. The number of halogens is 2. The maximum Gasteiger partial charge on any atom is 0.0595 e. The first-order valence-corrected chi connectivity index (χ1v) is 8.09. The van der Waals surface area contributed by atoms with Crippen LogP contribution in [0.25, 0.3) is 0 Å². The number of likely N-dealkylation sites (tertiary alicyclic amines) is 1. The van der Waals surface area contributed by atoms with Crippen molar-refractivity contribution in [2.45, 2.75) is 38.0 Å². The summed E-state index contributed by atoms with van der Waals surface area (Å²) in [4.78, 5) is 2.60. The van der Waals surface area contributed by atoms with E-state index in [2.05, 4.69) is 24.0 Å². The Morgan fingerprint density at radius 1 is 1.26 bits per heavy atom. The number of hydrogen-bond donors (Lipinski definition) is 0. The number of benzene rings is 1. The number of likely N-dealkylation sites (N-methyl/N-ethyl adjacent to an activating group) is 1. The zero-order valence-corrected chi connectivity index (χ0v) is 13.0. The molecule has 1 saturated carbocycles. The van der Waals surface area contributed by atoms with Gasteiger partial charge in [0, 0.05) is 18.5 Å². The van der Waals surface area contributed by atoms with Gasteiger partial charge in [0.25, 0.3) is 0 Å². The molecule has 2 aliphatic rings. The van der Waals surface area contributed by atoms with Crippen molar-refractivity contribution in [1.82, 2.24) is 4.90 Å². The van der Waals surface area contributed by atoms with Gasteiger partial charge < -0.3 is 4.90 Å². The van der Waals surface area contributed by atoms with Gasteiger partial charge in [0.1, 0.15) is 0 Å². The van der Waals surface area contributed by atoms with Gasteiger partial charge in [-0.1, -0.05) is 49.0 Å². The molecule has 2 fully saturated rings. The van der Waals surface area contributed by atoms with Crippen molar-refractivity contribution in [1.29, 1.82) is 0 Å². The molecule has 1 heterocycles. The summed E-state index contributed by atoms with van der Waals surface area (Å²) in [6.07, 6.45) is 5.38. The van der Waals surface area contributed by atoms with E-state index in [-0.39, 0.29) is 0 Å². The first-order chi connectivity index (χ1) is 9.15. The molecule has 0 radical (unpaired) electrons. The van der Waals surface area contributed by atoms with Gasteiger partial charge in [0.2, 0.25) is 0 Å². The molecule has 1 aromatic carbocycles. The molecular formula is C16H21Cl2N. The van der Waals surface area contributed by atoms with Crippen molar-refractivity contribution in [2.24, 2.45) is 5.92 Å². The minimum absolute atomic E-state index is 0.322. The highest BCUT2D eigenvalue weighted by Gasteiger charge is 2.48. The Kier molecular flexibility index (Phi) is 3.81. The van der Waals surface area contributed by atoms with Crippen LogP contribution in [0.5, 0.6) is 0 Å². The van der Waals surface area contributed by atoms with E-state index in [9.17, 15) is 0 Å². The lowest BCUT2D eigenvalue weighted by molar-refractivity contribution is 0.241. The number of fused-ring (bicyclic) bond motifs is 1. The highest BCUT2D eigenvalue weighted by Crippen LogP contribution is 2.49. The Labute approximate surface area is 125 Å². The molecule has 1 saturated heterocycles. The van der Waals surface area contributed by atoms with Crippen molar-refractivity contribution < 1.29 is 0 Å². The molecular weight excluding hydrogens is 277 g/mol. The Morgan fingerprint density at radius 3 is 2.84 bits per heavy atom. The van der Waals surface area contributed by atoms with Gasteiger partial charge in [-0.05, 0) is 43.0 Å². The van der Waals surface area contributed by atoms with Gasteiger partial charge in [-0.15, -0.1) is 0 Å². The van der Waals surface area contributed by atoms with Crippen LogP contribution < -0.4 is 0 Å². The summed E-state index contributed by atoms with van der Waals surface area (Å²) in [5.74, 6) is 0.790. The van der Waals surface area contributed by atoms with Crippen LogP contribution in [0, 0.1) is 5.92 Å². The molecule has 3 rings (SSSR count). The van der Waals surface area contributed by atoms with E-state index >= 15 is 0 Å². The largest absolute Gasteiger partial charge is 0.302 e. The van der Waals surface area contributed by atoms with E-state index < -0.39 is 0 Å². The molecule has 0 aromatic heterocycles. The SMILES string of the molecule is CCN1CC2CCCCC2(c2ccc(Cl)c(Cl)c2)C1. The van der Waals surface area contributed by atoms with Gasteiger partial charge >= 0.3 is 0 Å². The smallest absolute Gasteiger partial charge is 0.0595 e. The highest BCUT2D eigenvalue weighted by atomic mass is 35.5. The quantitative estimate of drug-likeness (QED) is 0.761. The minimum atomic E-state index is 0.322. The Hall–Kier alpha value is -0.240. The number of nitrogens with zero attached hydrogens (tertiary/aromatic N) is 1. The summed E-state index contributed by atoms with van der Waals surface area (Å²) in [5, 5.41) is 1.37. The molecule has 0 spiro atoms. The van der Waals surface area contributed by atoms with Gasteiger partial charge in [-0.25, -0.2) is 0 Å². The molecule has 1 aliphatic carbocycles. The highest BCUT2D eigenvalue weighted by molar-refractivity contribution is 6.42. The molecule has 1 aromatic rings. The summed E-state index contributed by atoms with van der Waals surface area (Å²) in [6.45, 7) is 5.85. The lowest BCUT2D eigenvalue weighted by Gasteiger charge is -2.39. The Balaban J connectivity index is 2.00. The molecule has 19 heavy (non-hydrogen) atoms. The average molecular weight is 298 g/mol. The summed E-state index contributed by atoms with van der Waals surface area (Å²) < 4.78 is 0. The van der Waals surface area contributed by atoms with Crippen LogP contribution in [0.4, 0.5) is 0 Å². The fourth-order valence-electron chi connectivity index (χ4n) is 4.08. The van der Waals surface area contributed by atoms with Crippen LogP contribution in [0.2, 0.25) is 10.0 Å². The third-order valence-corrected chi connectivity index (χ3v) is 5.87. The Bertz CT molecular complexity index is 474.